The fourth-order valence-corrected chi connectivity index (χ4v) is 3.39. The third kappa shape index (κ3) is 5.45. The van der Waals surface area contributed by atoms with Crippen LogP contribution in [0.25, 0.3) is 0 Å². The Labute approximate surface area is 169 Å². The number of nitrogens with one attached hydrogen (secondary N) is 1. The molecule has 9 nitrogen and oxygen atoms in total. The first-order valence-electron chi connectivity index (χ1n) is 9.65. The van der Waals surface area contributed by atoms with Crippen LogP contribution in [-0.2, 0) is 30.6 Å². The number of ether oxygens (including phenoxy) is 1. The zero-order valence-electron chi connectivity index (χ0n) is 16.9. The van der Waals surface area contributed by atoms with Crippen molar-refractivity contribution >= 4 is 17.9 Å². The molecule has 1 aromatic carbocycles. The number of carbonyl (C=O) groups is 3. The smallest absolute Gasteiger partial charge is 0.345 e. The molecule has 2 fully saturated rings. The number of benzene rings is 1. The van der Waals surface area contributed by atoms with Crippen molar-refractivity contribution in [2.24, 2.45) is 0 Å². The number of hydrogen-bond donors (Lipinski definition) is 1. The van der Waals surface area contributed by atoms with Crippen molar-refractivity contribution in [3.63, 3.8) is 0 Å². The summed E-state index contributed by atoms with van der Waals surface area (Å²) in [4.78, 5) is 48.9. The summed E-state index contributed by atoms with van der Waals surface area (Å²) in [5, 5.41) is 1.36. The number of carbonyl (C=O) groups excluding carboxylic acids is 3. The van der Waals surface area contributed by atoms with Crippen LogP contribution in [0.15, 0.2) is 30.3 Å². The molecular weight excluding hydrogens is 378 g/mol. The number of fused-ring (bicyclic) bond motifs is 2. The van der Waals surface area contributed by atoms with Gasteiger partial charge >= 0.3 is 12.0 Å². The molecule has 3 rings (SSSR count). The predicted octanol–water partition coefficient (Wildman–Crippen LogP) is 1.78. The van der Waals surface area contributed by atoms with Gasteiger partial charge in [0, 0.05) is 6.54 Å². The second-order valence-electron chi connectivity index (χ2n) is 8.11. The van der Waals surface area contributed by atoms with E-state index in [-0.39, 0.29) is 18.7 Å². The number of amides is 3. The Balaban J connectivity index is 1.48. The lowest BCUT2D eigenvalue weighted by Gasteiger charge is -2.29. The quantitative estimate of drug-likeness (QED) is 0.549. The average Bonchev–Trinajstić information content (AvgIpc) is 2.89. The van der Waals surface area contributed by atoms with Gasteiger partial charge in [0.15, 0.2) is 6.61 Å². The Hall–Kier alpha value is -2.65. The van der Waals surface area contributed by atoms with Crippen molar-refractivity contribution in [1.82, 2.24) is 15.4 Å². The molecule has 29 heavy (non-hydrogen) atoms. The van der Waals surface area contributed by atoms with Gasteiger partial charge in [-0.3, -0.25) is 14.5 Å². The van der Waals surface area contributed by atoms with E-state index in [1.165, 1.54) is 9.96 Å². The van der Waals surface area contributed by atoms with E-state index in [1.807, 2.05) is 30.3 Å². The number of hydroxylamine groups is 3. The maximum Gasteiger partial charge on any atom is 0.345 e. The van der Waals surface area contributed by atoms with Crippen molar-refractivity contribution in [1.29, 1.82) is 0 Å². The molecule has 2 aliphatic heterocycles. The molecule has 0 aliphatic carbocycles. The molecular formula is C20H27N3O6. The van der Waals surface area contributed by atoms with Gasteiger partial charge in [0.1, 0.15) is 18.2 Å². The number of hydrogen-bond acceptors (Lipinski definition) is 6. The minimum Gasteiger partial charge on any atom is -0.458 e. The highest BCUT2D eigenvalue weighted by Gasteiger charge is 2.48. The molecule has 0 saturated carbocycles. The highest BCUT2D eigenvalue weighted by Crippen LogP contribution is 2.30. The van der Waals surface area contributed by atoms with E-state index in [0.717, 1.165) is 5.56 Å². The van der Waals surface area contributed by atoms with Crippen LogP contribution < -0.4 is 5.48 Å². The third-order valence-electron chi connectivity index (χ3n) is 4.62. The van der Waals surface area contributed by atoms with Gasteiger partial charge < -0.3 is 9.64 Å². The van der Waals surface area contributed by atoms with Crippen molar-refractivity contribution in [3.8, 4) is 0 Å². The summed E-state index contributed by atoms with van der Waals surface area (Å²) in [6.45, 7) is 5.52. The van der Waals surface area contributed by atoms with Gasteiger partial charge in [-0.05, 0) is 39.2 Å². The van der Waals surface area contributed by atoms with Crippen LogP contribution in [0.4, 0.5) is 4.79 Å². The van der Waals surface area contributed by atoms with Crippen LogP contribution in [0.5, 0.6) is 0 Å². The molecule has 2 heterocycles. The van der Waals surface area contributed by atoms with Crippen molar-refractivity contribution in [2.75, 3.05) is 13.2 Å². The molecule has 1 aromatic rings. The molecule has 1 N–H and O–H groups in total. The van der Waals surface area contributed by atoms with E-state index in [4.69, 9.17) is 14.4 Å². The highest BCUT2D eigenvalue weighted by atomic mass is 16.7. The summed E-state index contributed by atoms with van der Waals surface area (Å²) < 4.78 is 5.11. The van der Waals surface area contributed by atoms with E-state index in [2.05, 4.69) is 5.48 Å². The molecule has 2 saturated heterocycles. The lowest BCUT2D eigenvalue weighted by Crippen LogP contribution is -2.50. The van der Waals surface area contributed by atoms with Crippen LogP contribution in [-0.4, -0.2) is 58.7 Å². The zero-order valence-corrected chi connectivity index (χ0v) is 16.9. The molecule has 9 heteroatoms. The Morgan fingerprint density at radius 3 is 2.59 bits per heavy atom. The first-order chi connectivity index (χ1) is 13.7. The fourth-order valence-electron chi connectivity index (χ4n) is 3.39. The molecule has 2 aliphatic rings. The number of nitrogens with zero attached hydrogens (tertiary/aromatic N) is 2. The Morgan fingerprint density at radius 1 is 1.17 bits per heavy atom. The van der Waals surface area contributed by atoms with Gasteiger partial charge in [0.05, 0.1) is 6.04 Å². The Kier molecular flexibility index (Phi) is 6.39. The minimum atomic E-state index is -0.664. The summed E-state index contributed by atoms with van der Waals surface area (Å²) >= 11 is 0. The van der Waals surface area contributed by atoms with E-state index in [9.17, 15) is 14.4 Å². The lowest BCUT2D eigenvalue weighted by atomic mass is 10.0. The summed E-state index contributed by atoms with van der Waals surface area (Å²) in [7, 11) is 0. The summed E-state index contributed by atoms with van der Waals surface area (Å²) in [6, 6.07) is 8.48. The number of esters is 1. The third-order valence-corrected chi connectivity index (χ3v) is 4.62. The zero-order chi connectivity index (χ0) is 21.0. The van der Waals surface area contributed by atoms with Crippen molar-refractivity contribution < 1.29 is 28.8 Å². The van der Waals surface area contributed by atoms with Crippen LogP contribution in [0.3, 0.4) is 0 Å². The fraction of sp³-hybridized carbons (Fsp3) is 0.550. The van der Waals surface area contributed by atoms with Crippen LogP contribution >= 0.6 is 0 Å². The molecule has 0 spiro atoms. The highest BCUT2D eigenvalue weighted by molar-refractivity contribution is 5.88. The molecule has 3 amide bonds. The largest absolute Gasteiger partial charge is 0.458 e. The molecule has 2 atom stereocenters. The maximum atomic E-state index is 12.7. The van der Waals surface area contributed by atoms with E-state index in [0.29, 0.717) is 19.4 Å². The minimum absolute atomic E-state index is 0.0852. The normalized spacial score (nSPS) is 21.3. The number of piperidine rings is 1. The van der Waals surface area contributed by atoms with Crippen LogP contribution in [0.2, 0.25) is 0 Å². The Morgan fingerprint density at radius 2 is 1.90 bits per heavy atom. The van der Waals surface area contributed by atoms with E-state index in [1.54, 1.807) is 20.8 Å². The van der Waals surface area contributed by atoms with E-state index < -0.39 is 30.1 Å². The van der Waals surface area contributed by atoms with Crippen LogP contribution in [0, 0.1) is 0 Å². The second-order valence-corrected chi connectivity index (χ2v) is 8.11. The second kappa shape index (κ2) is 8.79. The predicted molar refractivity (Wildman–Crippen MR) is 102 cm³/mol. The first-order valence-corrected chi connectivity index (χ1v) is 9.65. The first kappa shape index (κ1) is 21.1. The number of rotatable bonds is 7. The lowest BCUT2D eigenvalue weighted by molar-refractivity contribution is -0.165. The molecule has 0 radical (unpaired) electrons. The summed E-state index contributed by atoms with van der Waals surface area (Å²) in [5.74, 6) is -1.05. The van der Waals surface area contributed by atoms with Crippen molar-refractivity contribution in [2.45, 2.75) is 57.9 Å². The van der Waals surface area contributed by atoms with Gasteiger partial charge in [0.25, 0.3) is 5.91 Å². The maximum absolute atomic E-state index is 12.7. The van der Waals surface area contributed by atoms with E-state index >= 15 is 0 Å². The molecule has 0 aromatic heterocycles. The molecule has 2 bridgehead atoms. The van der Waals surface area contributed by atoms with Gasteiger partial charge in [-0.2, -0.15) is 5.06 Å². The standard InChI is InChI=1S/C20H27N3O6/c1-20(2,3)29-17(24)13-27-21-18(25)16-10-9-15-11-22(16)19(26)23(15)28-12-14-7-5-4-6-8-14/h4-8,15-16H,9-13H2,1-3H3,(H,21,25)/t15-,16+/m1/s1. The van der Waals surface area contributed by atoms with Crippen molar-refractivity contribution in [3.05, 3.63) is 35.9 Å². The molecule has 158 valence electrons. The van der Waals surface area contributed by atoms with Gasteiger partial charge in [-0.1, -0.05) is 30.3 Å². The molecule has 0 unspecified atom stereocenters. The van der Waals surface area contributed by atoms with Crippen LogP contribution in [0.1, 0.15) is 39.2 Å². The topological polar surface area (TPSA) is 97.4 Å². The van der Waals surface area contributed by atoms with Gasteiger partial charge in [-0.25, -0.2) is 15.1 Å². The number of urea groups is 1. The summed E-state index contributed by atoms with van der Waals surface area (Å²) in [5.41, 5.74) is 2.58. The monoisotopic (exact) mass is 405 g/mol. The SMILES string of the molecule is CC(C)(C)OC(=O)CONC(=O)[C@@H]1CC[C@@H]2CN1C(=O)N2OCc1ccccc1. The van der Waals surface area contributed by atoms with Gasteiger partial charge in [-0.15, -0.1) is 0 Å². The summed E-state index contributed by atoms with van der Waals surface area (Å²) in [6.07, 6.45) is 1.13. The van der Waals surface area contributed by atoms with Gasteiger partial charge in [0.2, 0.25) is 0 Å². The average molecular weight is 405 g/mol. The Bertz CT molecular complexity index is 748.